The number of carbonyl (C=O) groups excluding carboxylic acids is 5. The van der Waals surface area contributed by atoms with Crippen LogP contribution in [-0.4, -0.2) is 67.2 Å². The van der Waals surface area contributed by atoms with Crippen molar-refractivity contribution in [3.05, 3.63) is 82.4 Å². The minimum absolute atomic E-state index is 0. The number of cyclic esters (lactones) is 2. The Morgan fingerprint density at radius 2 is 1.72 bits per heavy atom. The lowest BCUT2D eigenvalue weighted by atomic mass is 9.90. The van der Waals surface area contributed by atoms with Crippen molar-refractivity contribution in [1.29, 1.82) is 0 Å². The van der Waals surface area contributed by atoms with Crippen molar-refractivity contribution in [2.75, 3.05) is 13.1 Å². The lowest BCUT2D eigenvalue weighted by Crippen LogP contribution is -2.51. The average molecular weight is 813 g/mol. The quantitative estimate of drug-likeness (QED) is 0.132. The van der Waals surface area contributed by atoms with Crippen LogP contribution in [0.15, 0.2) is 60.7 Å². The third-order valence-electron chi connectivity index (χ3n) is 8.88. The molecular weight excluding hydrogens is 757 g/mol. The van der Waals surface area contributed by atoms with E-state index in [1.165, 1.54) is 12.2 Å². The van der Waals surface area contributed by atoms with Crippen LogP contribution in [0.2, 0.25) is 5.02 Å². The number of esters is 3. The molecule has 2 amide bonds. The third kappa shape index (κ3) is 14.2. The molecule has 6 atom stereocenters. The Labute approximate surface area is 335 Å². The second-order valence-corrected chi connectivity index (χ2v) is 15.0. The topological polar surface area (TPSA) is 163 Å². The van der Waals surface area contributed by atoms with E-state index in [9.17, 15) is 24.0 Å². The SMILES string of the molecule is C.CCc1ccc(C[C@H]2NC(=O)/C=C/C[C@@H]([C@H](C)[C@@H](OC(=O)CN)[C@@H](Cl)c3ccccc3)OC(=O)[C@H](CC(C)C)OC(=O)C(C)(C)CNC2=O)cc1Cl.Cl. The summed E-state index contributed by atoms with van der Waals surface area (Å²) in [4.78, 5) is 66.8. The first kappa shape index (κ1) is 48.4. The van der Waals surface area contributed by atoms with Gasteiger partial charge in [0, 0.05) is 30.3 Å². The Bertz CT molecular complexity index is 1590. The smallest absolute Gasteiger partial charge is 0.347 e. The van der Waals surface area contributed by atoms with Crippen LogP contribution in [0.25, 0.3) is 0 Å². The van der Waals surface area contributed by atoms with Gasteiger partial charge in [-0.25, -0.2) is 4.79 Å². The average Bonchev–Trinajstić information content (AvgIpc) is 3.10. The fourth-order valence-corrected chi connectivity index (χ4v) is 6.42. The molecule has 11 nitrogen and oxygen atoms in total. The number of ether oxygens (including phenoxy) is 3. The normalized spacial score (nSPS) is 21.8. The van der Waals surface area contributed by atoms with E-state index in [1.807, 2.05) is 39.0 Å². The molecule has 2 aromatic rings. The monoisotopic (exact) mass is 811 g/mol. The standard InChI is InChI=1S/C39H51Cl2N3O8.CH4.ClH/c1-7-26-17-16-25(19-28(26)40)20-29-36(47)43-22-39(5,6)38(49)51-31(18-23(2)3)37(48)50-30(14-11-15-32(45)44-29)24(4)35(52-33(46)21-42)34(41)27-12-9-8-10-13-27;;/h8-13,15-17,19,23-24,29-31,34-35H,7,14,18,20-22,42H2,1-6H3,(H,43,47)(H,44,45);1H4;1H/b15-11+;;/t24-,29+,30-,31-,34-,35+;;/m0../s1. The summed E-state index contributed by atoms with van der Waals surface area (Å²) < 4.78 is 17.6. The van der Waals surface area contributed by atoms with Crippen LogP contribution in [0.1, 0.15) is 83.9 Å². The molecule has 300 valence electrons. The zero-order valence-corrected chi connectivity index (χ0v) is 33.4. The molecule has 0 fully saturated rings. The van der Waals surface area contributed by atoms with E-state index in [0.717, 1.165) is 17.5 Å². The zero-order chi connectivity index (χ0) is 38.6. The molecule has 2 aromatic carbocycles. The second kappa shape index (κ2) is 22.7. The Kier molecular flexibility index (Phi) is 20.3. The number of aryl methyl sites for hydroxylation is 1. The first-order chi connectivity index (χ1) is 24.6. The van der Waals surface area contributed by atoms with Crippen LogP contribution in [0, 0.1) is 17.3 Å². The summed E-state index contributed by atoms with van der Waals surface area (Å²) in [6, 6.07) is 13.4. The van der Waals surface area contributed by atoms with E-state index in [0.29, 0.717) is 10.6 Å². The maximum Gasteiger partial charge on any atom is 0.347 e. The molecule has 3 rings (SSSR count). The van der Waals surface area contributed by atoms with Gasteiger partial charge in [0.15, 0.2) is 6.10 Å². The molecule has 0 aliphatic carbocycles. The number of rotatable bonds is 11. The van der Waals surface area contributed by atoms with Crippen LogP contribution >= 0.6 is 35.6 Å². The van der Waals surface area contributed by atoms with Crippen molar-refractivity contribution >= 4 is 65.3 Å². The van der Waals surface area contributed by atoms with E-state index in [2.05, 4.69) is 10.6 Å². The summed E-state index contributed by atoms with van der Waals surface area (Å²) in [6.07, 6.45) is 0.424. The Hall–Kier alpha value is -3.64. The van der Waals surface area contributed by atoms with Gasteiger partial charge >= 0.3 is 17.9 Å². The summed E-state index contributed by atoms with van der Waals surface area (Å²) >= 11 is 13.4. The summed E-state index contributed by atoms with van der Waals surface area (Å²) in [5.74, 6) is -4.16. The van der Waals surface area contributed by atoms with Crippen molar-refractivity contribution in [2.24, 2.45) is 23.0 Å². The van der Waals surface area contributed by atoms with Gasteiger partial charge in [-0.05, 0) is 61.4 Å². The molecular formula is C40H56Cl3N3O8. The molecule has 0 radical (unpaired) electrons. The Morgan fingerprint density at radius 1 is 1.06 bits per heavy atom. The molecule has 0 aromatic heterocycles. The highest BCUT2D eigenvalue weighted by molar-refractivity contribution is 6.31. The second-order valence-electron chi connectivity index (χ2n) is 14.1. The first-order valence-electron chi connectivity index (χ1n) is 17.6. The highest BCUT2D eigenvalue weighted by atomic mass is 35.5. The van der Waals surface area contributed by atoms with Gasteiger partial charge in [-0.15, -0.1) is 24.0 Å². The Morgan fingerprint density at radius 3 is 2.31 bits per heavy atom. The highest BCUT2D eigenvalue weighted by Gasteiger charge is 2.40. The van der Waals surface area contributed by atoms with Gasteiger partial charge in [-0.3, -0.25) is 19.2 Å². The van der Waals surface area contributed by atoms with Gasteiger partial charge in [0.2, 0.25) is 11.8 Å². The molecule has 4 N–H and O–H groups in total. The molecule has 1 heterocycles. The number of halogens is 3. The minimum Gasteiger partial charge on any atom is -0.459 e. The number of nitrogens with two attached hydrogens (primary N) is 1. The summed E-state index contributed by atoms with van der Waals surface area (Å²) in [5.41, 5.74) is 6.66. The molecule has 0 unspecified atom stereocenters. The summed E-state index contributed by atoms with van der Waals surface area (Å²) in [7, 11) is 0. The van der Waals surface area contributed by atoms with Gasteiger partial charge in [-0.1, -0.05) is 95.3 Å². The minimum atomic E-state index is -1.29. The predicted molar refractivity (Wildman–Crippen MR) is 213 cm³/mol. The molecule has 0 saturated carbocycles. The molecule has 1 aliphatic heterocycles. The molecule has 1 aliphatic rings. The fourth-order valence-electron chi connectivity index (χ4n) is 5.66. The number of nitrogens with one attached hydrogen (secondary N) is 2. The molecule has 54 heavy (non-hydrogen) atoms. The number of carbonyl (C=O) groups is 5. The zero-order valence-electron chi connectivity index (χ0n) is 31.1. The highest BCUT2D eigenvalue weighted by Crippen LogP contribution is 2.34. The number of hydrogen-bond donors (Lipinski definition) is 3. The lowest BCUT2D eigenvalue weighted by Gasteiger charge is -2.34. The van der Waals surface area contributed by atoms with Gasteiger partial charge in [0.05, 0.1) is 17.3 Å². The number of amides is 2. The maximum absolute atomic E-state index is 13.8. The fraction of sp³-hybridized carbons (Fsp3) is 0.525. The maximum atomic E-state index is 13.8. The van der Waals surface area contributed by atoms with Crippen LogP contribution in [0.5, 0.6) is 0 Å². The van der Waals surface area contributed by atoms with Crippen LogP contribution < -0.4 is 16.4 Å². The molecule has 14 heteroatoms. The lowest BCUT2D eigenvalue weighted by molar-refractivity contribution is -0.181. The van der Waals surface area contributed by atoms with Gasteiger partial charge < -0.3 is 30.6 Å². The van der Waals surface area contributed by atoms with Crippen LogP contribution in [-0.2, 0) is 51.0 Å². The molecule has 0 spiro atoms. The van der Waals surface area contributed by atoms with E-state index >= 15 is 0 Å². The van der Waals surface area contributed by atoms with Gasteiger partial charge in [0.25, 0.3) is 0 Å². The van der Waals surface area contributed by atoms with Gasteiger partial charge in [-0.2, -0.15) is 0 Å². The van der Waals surface area contributed by atoms with Crippen molar-refractivity contribution in [3.63, 3.8) is 0 Å². The number of hydrogen-bond acceptors (Lipinski definition) is 9. The van der Waals surface area contributed by atoms with E-state index < -0.39 is 77.3 Å². The first-order valence-corrected chi connectivity index (χ1v) is 18.4. The molecule has 0 saturated heterocycles. The number of benzene rings is 2. The van der Waals surface area contributed by atoms with Crippen LogP contribution in [0.3, 0.4) is 0 Å². The third-order valence-corrected chi connectivity index (χ3v) is 9.73. The molecule has 0 bridgehead atoms. The summed E-state index contributed by atoms with van der Waals surface area (Å²) in [5, 5.41) is 5.21. The van der Waals surface area contributed by atoms with Crippen molar-refractivity contribution in [1.82, 2.24) is 10.6 Å². The van der Waals surface area contributed by atoms with Crippen molar-refractivity contribution in [2.45, 2.75) is 104 Å². The van der Waals surface area contributed by atoms with Gasteiger partial charge in [0.1, 0.15) is 18.2 Å². The van der Waals surface area contributed by atoms with Crippen LogP contribution in [0.4, 0.5) is 0 Å². The largest absolute Gasteiger partial charge is 0.459 e. The summed E-state index contributed by atoms with van der Waals surface area (Å²) in [6.45, 7) is 10.1. The van der Waals surface area contributed by atoms with E-state index in [1.54, 1.807) is 51.1 Å². The Balaban J connectivity index is 0.00000729. The van der Waals surface area contributed by atoms with Crippen molar-refractivity contribution < 1.29 is 38.2 Å². The predicted octanol–water partition coefficient (Wildman–Crippen LogP) is 6.45. The van der Waals surface area contributed by atoms with E-state index in [-0.39, 0.29) is 51.6 Å². The van der Waals surface area contributed by atoms with Crippen molar-refractivity contribution in [3.8, 4) is 0 Å². The number of alkyl halides is 1. The van der Waals surface area contributed by atoms with E-state index in [4.69, 9.17) is 43.1 Å².